The van der Waals surface area contributed by atoms with Crippen LogP contribution in [0.4, 0.5) is 0 Å². The summed E-state index contributed by atoms with van der Waals surface area (Å²) in [5.74, 6) is -0.906. The summed E-state index contributed by atoms with van der Waals surface area (Å²) in [5, 5.41) is 9.54. The largest absolute Gasteiger partial charge is 0.478 e. The normalized spacial score (nSPS) is 11.7. The Morgan fingerprint density at radius 1 is 0.643 bits per heavy atom. The van der Waals surface area contributed by atoms with Crippen molar-refractivity contribution < 1.29 is 9.90 Å². The van der Waals surface area contributed by atoms with Crippen molar-refractivity contribution in [3.05, 3.63) is 108 Å². The van der Waals surface area contributed by atoms with E-state index in [-0.39, 0.29) is 0 Å². The lowest BCUT2D eigenvalue weighted by Crippen LogP contribution is -1.99. The Kier molecular flexibility index (Phi) is 3.84. The fraction of sp³-hybridized carbons (Fsp3) is 0.0385. The van der Waals surface area contributed by atoms with E-state index >= 15 is 0 Å². The zero-order valence-corrected chi connectivity index (χ0v) is 15.2. The zero-order chi connectivity index (χ0) is 19.1. The Morgan fingerprint density at radius 2 is 1.25 bits per heavy atom. The molecule has 0 aromatic heterocycles. The summed E-state index contributed by atoms with van der Waals surface area (Å²) in [6.45, 7) is 0. The highest BCUT2D eigenvalue weighted by molar-refractivity contribution is 5.96. The van der Waals surface area contributed by atoms with Crippen molar-refractivity contribution in [1.82, 2.24) is 0 Å². The van der Waals surface area contributed by atoms with E-state index < -0.39 is 5.97 Å². The molecule has 0 spiro atoms. The van der Waals surface area contributed by atoms with E-state index in [2.05, 4.69) is 54.6 Å². The molecule has 4 aromatic carbocycles. The lowest BCUT2D eigenvalue weighted by molar-refractivity contribution is 0.0697. The molecule has 1 N–H and O–H groups in total. The lowest BCUT2D eigenvalue weighted by atomic mass is 9.92. The van der Waals surface area contributed by atoms with Crippen molar-refractivity contribution in [3.8, 4) is 33.4 Å². The summed E-state index contributed by atoms with van der Waals surface area (Å²) in [4.78, 5) is 11.6. The van der Waals surface area contributed by atoms with Crippen LogP contribution in [0.2, 0.25) is 0 Å². The lowest BCUT2D eigenvalue weighted by Gasteiger charge is -2.12. The minimum Gasteiger partial charge on any atom is -0.478 e. The molecule has 1 aliphatic carbocycles. The van der Waals surface area contributed by atoms with Gasteiger partial charge in [0.1, 0.15) is 0 Å². The first-order valence-corrected chi connectivity index (χ1v) is 9.35. The molecule has 134 valence electrons. The molecule has 0 aliphatic heterocycles. The van der Waals surface area contributed by atoms with Crippen molar-refractivity contribution in [2.24, 2.45) is 0 Å². The Labute approximate surface area is 163 Å². The van der Waals surface area contributed by atoms with E-state index in [1.54, 1.807) is 12.1 Å². The van der Waals surface area contributed by atoms with Crippen LogP contribution in [-0.2, 0) is 6.42 Å². The van der Waals surface area contributed by atoms with Gasteiger partial charge in [-0.15, -0.1) is 0 Å². The number of carboxylic acids is 1. The van der Waals surface area contributed by atoms with Crippen LogP contribution >= 0.6 is 0 Å². The molecule has 0 bridgehead atoms. The number of benzene rings is 4. The maximum atomic E-state index is 11.6. The van der Waals surface area contributed by atoms with Gasteiger partial charge < -0.3 is 5.11 Å². The highest BCUT2D eigenvalue weighted by atomic mass is 16.4. The highest BCUT2D eigenvalue weighted by Gasteiger charge is 2.21. The Morgan fingerprint density at radius 3 is 2.07 bits per heavy atom. The average Bonchev–Trinajstić information content (AvgIpc) is 3.12. The molecule has 0 heterocycles. The van der Waals surface area contributed by atoms with Crippen LogP contribution in [0, 0.1) is 0 Å². The van der Waals surface area contributed by atoms with Crippen molar-refractivity contribution in [2.75, 3.05) is 0 Å². The molecule has 0 saturated carbocycles. The Hall–Kier alpha value is -3.65. The van der Waals surface area contributed by atoms with Crippen molar-refractivity contribution >= 4 is 5.97 Å². The first kappa shape index (κ1) is 16.5. The van der Waals surface area contributed by atoms with E-state index in [1.807, 2.05) is 24.3 Å². The predicted octanol–water partition coefficient (Wildman–Crippen LogP) is 6.29. The molecule has 0 saturated heterocycles. The minimum atomic E-state index is -0.906. The van der Waals surface area contributed by atoms with Gasteiger partial charge >= 0.3 is 5.97 Å². The molecule has 1 aliphatic rings. The fourth-order valence-corrected chi connectivity index (χ4v) is 4.20. The van der Waals surface area contributed by atoms with Gasteiger partial charge in [0.25, 0.3) is 0 Å². The van der Waals surface area contributed by atoms with E-state index in [1.165, 1.54) is 27.8 Å². The number of rotatable bonds is 3. The van der Waals surface area contributed by atoms with E-state index in [0.717, 1.165) is 23.1 Å². The molecule has 4 aromatic rings. The summed E-state index contributed by atoms with van der Waals surface area (Å²) in [6, 6.07) is 30.4. The van der Waals surface area contributed by atoms with Crippen molar-refractivity contribution in [1.29, 1.82) is 0 Å². The Balaban J connectivity index is 1.64. The van der Waals surface area contributed by atoms with Crippen LogP contribution in [0.15, 0.2) is 91.0 Å². The zero-order valence-electron chi connectivity index (χ0n) is 15.2. The molecule has 0 radical (unpaired) electrons. The number of hydrogen-bond acceptors (Lipinski definition) is 1. The second kappa shape index (κ2) is 6.50. The smallest absolute Gasteiger partial charge is 0.336 e. The third-order valence-electron chi connectivity index (χ3n) is 5.49. The quantitative estimate of drug-likeness (QED) is 0.409. The molecule has 0 fully saturated rings. The third-order valence-corrected chi connectivity index (χ3v) is 5.49. The van der Waals surface area contributed by atoms with E-state index in [0.29, 0.717) is 5.56 Å². The van der Waals surface area contributed by atoms with Gasteiger partial charge in [-0.1, -0.05) is 78.9 Å². The van der Waals surface area contributed by atoms with Gasteiger partial charge in [-0.2, -0.15) is 0 Å². The van der Waals surface area contributed by atoms with Crippen LogP contribution in [0.1, 0.15) is 21.5 Å². The Bertz CT molecular complexity index is 1220. The second-order valence-electron chi connectivity index (χ2n) is 7.10. The van der Waals surface area contributed by atoms with Gasteiger partial charge in [0.05, 0.1) is 5.56 Å². The van der Waals surface area contributed by atoms with Crippen LogP contribution < -0.4 is 0 Å². The summed E-state index contributed by atoms with van der Waals surface area (Å²) in [7, 11) is 0. The minimum absolute atomic E-state index is 0.324. The van der Waals surface area contributed by atoms with Gasteiger partial charge in [0.2, 0.25) is 0 Å². The molecular weight excluding hydrogens is 344 g/mol. The molecule has 0 atom stereocenters. The van der Waals surface area contributed by atoms with E-state index in [9.17, 15) is 9.90 Å². The predicted molar refractivity (Wildman–Crippen MR) is 113 cm³/mol. The molecule has 2 heteroatoms. The molecule has 0 amide bonds. The van der Waals surface area contributed by atoms with Crippen LogP contribution in [0.5, 0.6) is 0 Å². The first-order chi connectivity index (χ1) is 13.7. The van der Waals surface area contributed by atoms with E-state index in [4.69, 9.17) is 0 Å². The van der Waals surface area contributed by atoms with Crippen LogP contribution in [-0.4, -0.2) is 11.1 Å². The summed E-state index contributed by atoms with van der Waals surface area (Å²) in [6.07, 6.45) is 0.928. The first-order valence-electron chi connectivity index (χ1n) is 9.35. The topological polar surface area (TPSA) is 37.3 Å². The van der Waals surface area contributed by atoms with Gasteiger partial charge in [-0.05, 0) is 63.1 Å². The van der Waals surface area contributed by atoms with Crippen molar-refractivity contribution in [3.63, 3.8) is 0 Å². The summed E-state index contributed by atoms with van der Waals surface area (Å²) < 4.78 is 0. The van der Waals surface area contributed by atoms with Gasteiger partial charge in [-0.25, -0.2) is 4.79 Å². The number of hydrogen-bond donors (Lipinski definition) is 1. The van der Waals surface area contributed by atoms with Gasteiger partial charge in [0.15, 0.2) is 0 Å². The fourth-order valence-electron chi connectivity index (χ4n) is 4.20. The number of aromatic carboxylic acids is 1. The van der Waals surface area contributed by atoms with Gasteiger partial charge in [-0.3, -0.25) is 0 Å². The van der Waals surface area contributed by atoms with Crippen molar-refractivity contribution in [2.45, 2.75) is 6.42 Å². The maximum absolute atomic E-state index is 11.6. The van der Waals surface area contributed by atoms with Crippen LogP contribution in [0.25, 0.3) is 33.4 Å². The highest BCUT2D eigenvalue weighted by Crippen LogP contribution is 2.42. The van der Waals surface area contributed by atoms with Gasteiger partial charge in [0, 0.05) is 0 Å². The number of fused-ring (bicyclic) bond motifs is 3. The summed E-state index contributed by atoms with van der Waals surface area (Å²) >= 11 is 0. The van der Waals surface area contributed by atoms with Crippen LogP contribution in [0.3, 0.4) is 0 Å². The molecule has 2 nitrogen and oxygen atoms in total. The number of carboxylic acid groups (broad SMARTS) is 1. The molecule has 0 unspecified atom stereocenters. The average molecular weight is 362 g/mol. The SMILES string of the molecule is O=C(O)c1ccccc1-c1cccc(-c2cccc3c2Cc2ccccc2-3)c1. The molecular formula is C26H18O2. The standard InChI is InChI=1S/C26H18O2/c27-26(28)24-12-4-3-11-21(24)17-8-5-9-18(15-17)22-13-6-14-23-20-10-2-1-7-19(20)16-25(22)23/h1-15H,16H2,(H,27,28). The second-order valence-corrected chi connectivity index (χ2v) is 7.10. The third kappa shape index (κ3) is 2.62. The maximum Gasteiger partial charge on any atom is 0.336 e. The monoisotopic (exact) mass is 362 g/mol. The number of carbonyl (C=O) groups is 1. The molecule has 28 heavy (non-hydrogen) atoms. The summed E-state index contributed by atoms with van der Waals surface area (Å²) in [5.41, 5.74) is 9.62. The molecule has 5 rings (SSSR count).